The van der Waals surface area contributed by atoms with Crippen molar-refractivity contribution in [2.24, 2.45) is 0 Å². The highest BCUT2D eigenvalue weighted by atomic mass is 16.5. The van der Waals surface area contributed by atoms with Crippen LogP contribution in [0.3, 0.4) is 0 Å². The van der Waals surface area contributed by atoms with Gasteiger partial charge in [0.2, 0.25) is 0 Å². The molecule has 0 aliphatic rings. The molecule has 19 heavy (non-hydrogen) atoms. The van der Waals surface area contributed by atoms with Gasteiger partial charge in [-0.1, -0.05) is 12.1 Å². The molecule has 0 aliphatic carbocycles. The fraction of sp³-hybridized carbons (Fsp3) is 0.250. The number of ether oxygens (including phenoxy) is 2. The number of aryl methyl sites for hydroxylation is 1. The maximum atomic E-state index is 5.80. The molecule has 0 fully saturated rings. The van der Waals surface area contributed by atoms with E-state index in [-0.39, 0.29) is 0 Å². The van der Waals surface area contributed by atoms with Gasteiger partial charge in [-0.2, -0.15) is 0 Å². The summed E-state index contributed by atoms with van der Waals surface area (Å²) in [6.45, 7) is 2.73. The molecule has 3 nitrogen and oxygen atoms in total. The summed E-state index contributed by atoms with van der Waals surface area (Å²) in [4.78, 5) is 0. The molecular weight excluding hydrogens is 238 g/mol. The van der Waals surface area contributed by atoms with Crippen molar-refractivity contribution >= 4 is 5.69 Å². The lowest BCUT2D eigenvalue weighted by molar-refractivity contribution is 0.202. The first-order valence-corrected chi connectivity index (χ1v) is 6.30. The van der Waals surface area contributed by atoms with Gasteiger partial charge in [-0.15, -0.1) is 0 Å². The molecule has 0 heterocycles. The number of nitrogen functional groups attached to an aromatic ring is 1. The highest BCUT2D eigenvalue weighted by molar-refractivity contribution is 5.48. The molecule has 100 valence electrons. The lowest BCUT2D eigenvalue weighted by Crippen LogP contribution is -1.94. The predicted octanol–water partition coefficient (Wildman–Crippen LogP) is 3.56. The van der Waals surface area contributed by atoms with E-state index in [2.05, 4.69) is 0 Å². The van der Waals surface area contributed by atoms with Gasteiger partial charge in [-0.3, -0.25) is 0 Å². The van der Waals surface area contributed by atoms with Crippen LogP contribution in [0.1, 0.15) is 11.1 Å². The molecule has 0 unspecified atom stereocenters. The minimum atomic E-state index is 0.715. The van der Waals surface area contributed by atoms with Gasteiger partial charge in [0.25, 0.3) is 0 Å². The molecule has 0 atom stereocenters. The second-order valence-corrected chi connectivity index (χ2v) is 4.57. The van der Waals surface area contributed by atoms with Crippen molar-refractivity contribution in [2.45, 2.75) is 13.3 Å². The monoisotopic (exact) mass is 257 g/mol. The van der Waals surface area contributed by atoms with Gasteiger partial charge in [0, 0.05) is 18.9 Å². The summed E-state index contributed by atoms with van der Waals surface area (Å²) >= 11 is 0. The van der Waals surface area contributed by atoms with Crippen molar-refractivity contribution in [1.29, 1.82) is 0 Å². The van der Waals surface area contributed by atoms with Crippen molar-refractivity contribution in [1.82, 2.24) is 0 Å². The summed E-state index contributed by atoms with van der Waals surface area (Å²) in [5.41, 5.74) is 8.84. The number of methoxy groups -OCH3 is 1. The lowest BCUT2D eigenvalue weighted by Gasteiger charge is -2.08. The zero-order valence-corrected chi connectivity index (χ0v) is 11.3. The topological polar surface area (TPSA) is 44.5 Å². The summed E-state index contributed by atoms with van der Waals surface area (Å²) in [5, 5.41) is 0. The third-order valence-corrected chi connectivity index (χ3v) is 2.83. The molecule has 0 saturated carbocycles. The molecule has 0 aliphatic heterocycles. The molecule has 0 amide bonds. The SMILES string of the molecule is COCCc1ccc(Oc2cc(C)cc(N)c2)cc1. The Labute approximate surface area is 114 Å². The van der Waals surface area contributed by atoms with Crippen LogP contribution in [0.15, 0.2) is 42.5 Å². The molecule has 3 heteroatoms. The lowest BCUT2D eigenvalue weighted by atomic mass is 10.1. The van der Waals surface area contributed by atoms with Crippen LogP contribution in [0.5, 0.6) is 11.5 Å². The van der Waals surface area contributed by atoms with Crippen molar-refractivity contribution < 1.29 is 9.47 Å². The summed E-state index contributed by atoms with van der Waals surface area (Å²) in [7, 11) is 1.71. The molecule has 0 spiro atoms. The fourth-order valence-corrected chi connectivity index (χ4v) is 1.92. The Bertz CT molecular complexity index is 515. The van der Waals surface area contributed by atoms with Gasteiger partial charge in [-0.25, -0.2) is 0 Å². The van der Waals surface area contributed by atoms with Crippen molar-refractivity contribution in [3.8, 4) is 11.5 Å². The molecule has 0 bridgehead atoms. The third-order valence-electron chi connectivity index (χ3n) is 2.83. The summed E-state index contributed by atoms with van der Waals surface area (Å²) in [6.07, 6.45) is 0.911. The summed E-state index contributed by atoms with van der Waals surface area (Å²) in [6, 6.07) is 13.7. The van der Waals surface area contributed by atoms with Gasteiger partial charge < -0.3 is 15.2 Å². The van der Waals surface area contributed by atoms with Gasteiger partial charge in [0.05, 0.1) is 6.61 Å². The molecule has 2 rings (SSSR count). The molecule has 0 saturated heterocycles. The van der Waals surface area contributed by atoms with E-state index in [1.807, 2.05) is 49.4 Å². The van der Waals surface area contributed by atoms with Gasteiger partial charge in [-0.05, 0) is 48.7 Å². The first-order valence-electron chi connectivity index (χ1n) is 6.30. The Hall–Kier alpha value is -2.00. The Balaban J connectivity index is 2.06. The van der Waals surface area contributed by atoms with Gasteiger partial charge in [0.1, 0.15) is 11.5 Å². The molecular formula is C16H19NO2. The van der Waals surface area contributed by atoms with Gasteiger partial charge >= 0.3 is 0 Å². The second kappa shape index (κ2) is 6.25. The number of rotatable bonds is 5. The maximum absolute atomic E-state index is 5.80. The average molecular weight is 257 g/mol. The van der Waals surface area contributed by atoms with Crippen molar-refractivity contribution in [3.63, 3.8) is 0 Å². The van der Waals surface area contributed by atoms with Crippen LogP contribution < -0.4 is 10.5 Å². The number of hydrogen-bond donors (Lipinski definition) is 1. The molecule has 0 radical (unpaired) electrons. The minimum Gasteiger partial charge on any atom is -0.457 e. The summed E-state index contributed by atoms with van der Waals surface area (Å²) < 4.78 is 10.8. The number of benzene rings is 2. The van der Waals surface area contributed by atoms with E-state index in [1.54, 1.807) is 7.11 Å². The Morgan fingerprint density at radius 3 is 2.37 bits per heavy atom. The smallest absolute Gasteiger partial charge is 0.129 e. The highest BCUT2D eigenvalue weighted by Gasteiger charge is 2.00. The zero-order chi connectivity index (χ0) is 13.7. The predicted molar refractivity (Wildman–Crippen MR) is 77.7 cm³/mol. The summed E-state index contributed by atoms with van der Waals surface area (Å²) in [5.74, 6) is 1.58. The van der Waals surface area contributed by atoms with E-state index >= 15 is 0 Å². The number of anilines is 1. The molecule has 2 aromatic carbocycles. The standard InChI is InChI=1S/C16H19NO2/c1-12-9-14(17)11-16(10-12)19-15-5-3-13(4-6-15)7-8-18-2/h3-6,9-11H,7-8,17H2,1-2H3. The molecule has 2 N–H and O–H groups in total. The van der Waals surface area contributed by atoms with E-state index in [9.17, 15) is 0 Å². The third kappa shape index (κ3) is 4.00. The minimum absolute atomic E-state index is 0.715. The normalized spacial score (nSPS) is 10.4. The van der Waals surface area contributed by atoms with Crippen LogP contribution in [0.4, 0.5) is 5.69 Å². The fourth-order valence-electron chi connectivity index (χ4n) is 1.92. The van der Waals surface area contributed by atoms with E-state index in [0.717, 1.165) is 30.1 Å². The maximum Gasteiger partial charge on any atom is 0.129 e. The quantitative estimate of drug-likeness (QED) is 0.833. The van der Waals surface area contributed by atoms with Crippen molar-refractivity contribution in [2.75, 3.05) is 19.5 Å². The Kier molecular flexibility index (Phi) is 4.42. The first kappa shape index (κ1) is 13.4. The van der Waals surface area contributed by atoms with Gasteiger partial charge in [0.15, 0.2) is 0 Å². The van der Waals surface area contributed by atoms with Crippen LogP contribution in [0, 0.1) is 6.92 Å². The van der Waals surface area contributed by atoms with E-state index in [0.29, 0.717) is 5.69 Å². The number of hydrogen-bond acceptors (Lipinski definition) is 3. The molecule has 2 aromatic rings. The first-order chi connectivity index (χ1) is 9.17. The van der Waals surface area contributed by atoms with Crippen LogP contribution in [0.2, 0.25) is 0 Å². The highest BCUT2D eigenvalue weighted by Crippen LogP contribution is 2.25. The van der Waals surface area contributed by atoms with Crippen LogP contribution >= 0.6 is 0 Å². The zero-order valence-electron chi connectivity index (χ0n) is 11.3. The van der Waals surface area contributed by atoms with E-state index < -0.39 is 0 Å². The average Bonchev–Trinajstić information content (AvgIpc) is 2.37. The Morgan fingerprint density at radius 1 is 1.00 bits per heavy atom. The number of nitrogens with two attached hydrogens (primary N) is 1. The second-order valence-electron chi connectivity index (χ2n) is 4.57. The Morgan fingerprint density at radius 2 is 1.74 bits per heavy atom. The van der Waals surface area contributed by atoms with Crippen LogP contribution in [-0.2, 0) is 11.2 Å². The largest absolute Gasteiger partial charge is 0.457 e. The van der Waals surface area contributed by atoms with Crippen molar-refractivity contribution in [3.05, 3.63) is 53.6 Å². The van der Waals surface area contributed by atoms with E-state index in [4.69, 9.17) is 15.2 Å². The van der Waals surface area contributed by atoms with E-state index in [1.165, 1.54) is 5.56 Å². The van der Waals surface area contributed by atoms with Crippen LogP contribution in [0.25, 0.3) is 0 Å². The molecule has 0 aromatic heterocycles. The van der Waals surface area contributed by atoms with Crippen LogP contribution in [-0.4, -0.2) is 13.7 Å².